The lowest BCUT2D eigenvalue weighted by molar-refractivity contribution is -0.288. The molecule has 1 fully saturated rings. The van der Waals surface area contributed by atoms with E-state index >= 15 is 0 Å². The Morgan fingerprint density at radius 2 is 1.49 bits per heavy atom. The highest BCUT2D eigenvalue weighted by Crippen LogP contribution is 2.38. The van der Waals surface area contributed by atoms with Gasteiger partial charge in [0.25, 0.3) is 0 Å². The molecule has 0 unspecified atom stereocenters. The summed E-state index contributed by atoms with van der Waals surface area (Å²) in [6.07, 6.45) is -6.44. The number of carbonyl (C=O) groups excluding carboxylic acids is 4. The van der Waals surface area contributed by atoms with Crippen molar-refractivity contribution in [2.24, 2.45) is 0 Å². The normalized spacial score (nSPS) is 21.5. The summed E-state index contributed by atoms with van der Waals surface area (Å²) < 4.78 is 50.9. The third kappa shape index (κ3) is 7.17. The van der Waals surface area contributed by atoms with E-state index in [0.717, 1.165) is 20.8 Å². The van der Waals surface area contributed by atoms with Crippen LogP contribution in [0.15, 0.2) is 39.5 Å². The van der Waals surface area contributed by atoms with Crippen LogP contribution in [0.1, 0.15) is 45.9 Å². The minimum Gasteiger partial charge on any atom is -0.463 e. The maximum absolute atomic E-state index is 13.8. The molecule has 3 heterocycles. The summed E-state index contributed by atoms with van der Waals surface area (Å²) in [4.78, 5) is 62.0. The lowest BCUT2D eigenvalue weighted by atomic mass is 9.97. The van der Waals surface area contributed by atoms with Gasteiger partial charge in [0.15, 0.2) is 23.7 Å². The molecule has 0 amide bonds. The van der Waals surface area contributed by atoms with Crippen molar-refractivity contribution in [1.82, 2.24) is 0 Å². The number of carbonyl (C=O) groups is 4. The molecule has 2 aliphatic heterocycles. The zero-order valence-corrected chi connectivity index (χ0v) is 26.6. The fourth-order valence-corrected chi connectivity index (χ4v) is 5.56. The fourth-order valence-electron chi connectivity index (χ4n) is 5.56. The maximum atomic E-state index is 13.8. The smallest absolute Gasteiger partial charge is 0.303 e. The molecule has 1 saturated heterocycles. The molecule has 5 rings (SSSR count). The first-order valence-corrected chi connectivity index (χ1v) is 14.8. The predicted octanol–water partition coefficient (Wildman–Crippen LogP) is 3.52. The molecule has 3 aromatic rings. The Bertz CT molecular complexity index is 1780. The first-order valence-electron chi connectivity index (χ1n) is 14.8. The molecule has 0 spiro atoms. The lowest BCUT2D eigenvalue weighted by Crippen LogP contribution is -2.63. The lowest BCUT2D eigenvalue weighted by Gasteiger charge is -2.44. The summed E-state index contributed by atoms with van der Waals surface area (Å²) in [6.45, 7) is 7.76. The van der Waals surface area contributed by atoms with Crippen LogP contribution in [0, 0.1) is 6.92 Å². The van der Waals surface area contributed by atoms with E-state index in [9.17, 15) is 24.0 Å². The van der Waals surface area contributed by atoms with Crippen LogP contribution in [0.4, 0.5) is 0 Å². The molecule has 0 bridgehead atoms. The second-order valence-electron chi connectivity index (χ2n) is 10.9. The summed E-state index contributed by atoms with van der Waals surface area (Å²) in [5.74, 6) is -1.30. The van der Waals surface area contributed by atoms with Gasteiger partial charge in [0.2, 0.25) is 24.6 Å². The van der Waals surface area contributed by atoms with Crippen molar-refractivity contribution >= 4 is 34.8 Å². The van der Waals surface area contributed by atoms with E-state index in [1.54, 1.807) is 31.2 Å². The van der Waals surface area contributed by atoms with Gasteiger partial charge in [0.1, 0.15) is 29.8 Å². The van der Waals surface area contributed by atoms with Crippen molar-refractivity contribution in [1.29, 1.82) is 0 Å². The summed E-state index contributed by atoms with van der Waals surface area (Å²) in [7, 11) is 0. The van der Waals surface area contributed by atoms with Crippen LogP contribution in [0.25, 0.3) is 22.1 Å². The number of esters is 4. The van der Waals surface area contributed by atoms with Crippen LogP contribution >= 0.6 is 0 Å². The molecule has 0 aliphatic carbocycles. The molecule has 1 aromatic heterocycles. The predicted molar refractivity (Wildman–Crippen MR) is 161 cm³/mol. The van der Waals surface area contributed by atoms with Crippen molar-refractivity contribution in [3.8, 4) is 28.4 Å². The van der Waals surface area contributed by atoms with Crippen LogP contribution in [0.3, 0.4) is 0 Å². The second-order valence-corrected chi connectivity index (χ2v) is 10.9. The van der Waals surface area contributed by atoms with Crippen LogP contribution < -0.4 is 19.6 Å². The monoisotopic (exact) mass is 654 g/mol. The highest BCUT2D eigenvalue weighted by Gasteiger charge is 2.53. The molecule has 0 N–H and O–H groups in total. The van der Waals surface area contributed by atoms with E-state index in [-0.39, 0.29) is 28.9 Å². The summed E-state index contributed by atoms with van der Waals surface area (Å²) in [5, 5.41) is 0.286. The average molecular weight is 655 g/mol. The van der Waals surface area contributed by atoms with Gasteiger partial charge < -0.3 is 42.3 Å². The van der Waals surface area contributed by atoms with Gasteiger partial charge in [0, 0.05) is 33.8 Å². The molecule has 14 nitrogen and oxygen atoms in total. The first-order chi connectivity index (χ1) is 22.4. The van der Waals surface area contributed by atoms with E-state index in [1.165, 1.54) is 13.0 Å². The zero-order valence-electron chi connectivity index (χ0n) is 26.6. The van der Waals surface area contributed by atoms with E-state index < -0.39 is 61.2 Å². The molecule has 2 aromatic carbocycles. The largest absolute Gasteiger partial charge is 0.463 e. The highest BCUT2D eigenvalue weighted by atomic mass is 16.7. The fraction of sp³-hybridized carbons (Fsp3) is 0.424. The van der Waals surface area contributed by atoms with Gasteiger partial charge in [-0.25, -0.2) is 0 Å². The molecular weight excluding hydrogens is 620 g/mol. The molecule has 47 heavy (non-hydrogen) atoms. The second kappa shape index (κ2) is 13.7. The standard InChI is InChI=1S/C33H34O14/c1-7-20-10-22-25(42-15(2)28(29(22)38)21-8-9-23-26(11-21)41-14-40-23)12-24(20)46-33-32(45-19(6)37)31(44-18(5)36)30(43-17(4)35)27(47-33)13-39-16(3)34/h8-12,27,30-33H,7,13-14H2,1-6H3/t27-,30-,31+,32-,33+/m1/s1. The summed E-state index contributed by atoms with van der Waals surface area (Å²) >= 11 is 0. The van der Waals surface area contributed by atoms with Crippen molar-refractivity contribution in [3.63, 3.8) is 0 Å². The SMILES string of the molecule is CCc1cc2c(=O)c(-c3ccc4c(c3)OCO4)c(C)oc2cc1O[C@H]1O[C@H](COC(C)=O)[C@@H](OC(C)=O)[C@H](OC(C)=O)[C@H]1OC(C)=O. The van der Waals surface area contributed by atoms with Gasteiger partial charge in [-0.2, -0.15) is 0 Å². The minimum absolute atomic E-state index is 0.0896. The van der Waals surface area contributed by atoms with Gasteiger partial charge in [-0.3, -0.25) is 24.0 Å². The van der Waals surface area contributed by atoms with E-state index in [4.69, 9.17) is 42.3 Å². The Morgan fingerprint density at radius 1 is 0.830 bits per heavy atom. The quantitative estimate of drug-likeness (QED) is 0.242. The molecule has 0 radical (unpaired) electrons. The Balaban J connectivity index is 1.56. The number of benzene rings is 2. The summed E-state index contributed by atoms with van der Waals surface area (Å²) in [6, 6.07) is 8.35. The van der Waals surface area contributed by atoms with Crippen LogP contribution in [-0.4, -0.2) is 68.0 Å². The number of aryl methyl sites for hydroxylation is 2. The van der Waals surface area contributed by atoms with Gasteiger partial charge in [0.05, 0.1) is 10.9 Å². The molecule has 5 atom stereocenters. The van der Waals surface area contributed by atoms with Crippen molar-refractivity contribution < 1.29 is 61.5 Å². The van der Waals surface area contributed by atoms with Crippen molar-refractivity contribution in [2.45, 2.75) is 78.7 Å². The van der Waals surface area contributed by atoms with E-state index in [1.807, 2.05) is 6.92 Å². The van der Waals surface area contributed by atoms with Crippen LogP contribution in [-0.2, 0) is 49.3 Å². The number of rotatable bonds is 9. The van der Waals surface area contributed by atoms with E-state index in [0.29, 0.717) is 40.4 Å². The first kappa shape index (κ1) is 33.3. The maximum Gasteiger partial charge on any atom is 0.303 e. The number of fused-ring (bicyclic) bond motifs is 2. The van der Waals surface area contributed by atoms with Gasteiger partial charge >= 0.3 is 23.9 Å². The Morgan fingerprint density at radius 3 is 2.15 bits per heavy atom. The van der Waals surface area contributed by atoms with Crippen molar-refractivity contribution in [2.75, 3.05) is 13.4 Å². The Labute approximate surface area is 268 Å². The van der Waals surface area contributed by atoms with Gasteiger partial charge in [-0.05, 0) is 42.7 Å². The molecule has 14 heteroatoms. The highest BCUT2D eigenvalue weighted by molar-refractivity contribution is 5.85. The minimum atomic E-state index is -1.46. The van der Waals surface area contributed by atoms with Crippen molar-refractivity contribution in [3.05, 3.63) is 51.9 Å². The topological polar surface area (TPSA) is 172 Å². The number of hydrogen-bond acceptors (Lipinski definition) is 14. The number of ether oxygens (including phenoxy) is 8. The molecule has 250 valence electrons. The van der Waals surface area contributed by atoms with Gasteiger partial charge in [-0.1, -0.05) is 13.0 Å². The molecule has 2 aliphatic rings. The summed E-state index contributed by atoms with van der Waals surface area (Å²) in [5.41, 5.74) is 1.44. The van der Waals surface area contributed by atoms with Crippen LogP contribution in [0.5, 0.6) is 17.2 Å². The third-order valence-electron chi connectivity index (χ3n) is 7.48. The van der Waals surface area contributed by atoms with E-state index in [2.05, 4.69) is 0 Å². The molecular formula is C33H34O14. The third-order valence-corrected chi connectivity index (χ3v) is 7.48. The van der Waals surface area contributed by atoms with Crippen LogP contribution in [0.2, 0.25) is 0 Å². The Hall–Kier alpha value is -5.11. The zero-order chi connectivity index (χ0) is 34.0. The number of hydrogen-bond donors (Lipinski definition) is 0. The van der Waals surface area contributed by atoms with Gasteiger partial charge in [-0.15, -0.1) is 0 Å². The molecule has 0 saturated carbocycles. The Kier molecular flexibility index (Phi) is 9.70. The average Bonchev–Trinajstić information content (AvgIpc) is 3.46.